The zero-order valence-corrected chi connectivity index (χ0v) is 11.9. The predicted molar refractivity (Wildman–Crippen MR) is 75.8 cm³/mol. The molecule has 1 fully saturated rings. The van der Waals surface area contributed by atoms with Gasteiger partial charge in [0.1, 0.15) is 5.82 Å². The molecule has 1 saturated heterocycles. The van der Waals surface area contributed by atoms with Gasteiger partial charge in [-0.3, -0.25) is 4.79 Å². The Bertz CT molecular complexity index is 404. The molecule has 19 heavy (non-hydrogen) atoms. The van der Waals surface area contributed by atoms with Gasteiger partial charge in [0.25, 0.3) is 0 Å². The topological polar surface area (TPSA) is 32.3 Å². The zero-order valence-electron chi connectivity index (χ0n) is 11.1. The Morgan fingerprint density at radius 3 is 2.68 bits per heavy atom. The van der Waals surface area contributed by atoms with Crippen molar-refractivity contribution >= 4 is 18.3 Å². The van der Waals surface area contributed by atoms with Crippen LogP contribution in [0.15, 0.2) is 24.3 Å². The van der Waals surface area contributed by atoms with Gasteiger partial charge < -0.3 is 10.2 Å². The fraction of sp³-hybridized carbons (Fsp3) is 0.500. The molecular weight excluding hydrogens is 267 g/mol. The van der Waals surface area contributed by atoms with Gasteiger partial charge >= 0.3 is 0 Å². The Labute approximate surface area is 119 Å². The van der Waals surface area contributed by atoms with Crippen molar-refractivity contribution < 1.29 is 9.18 Å². The minimum Gasteiger partial charge on any atom is -0.341 e. The fourth-order valence-electron chi connectivity index (χ4n) is 2.25. The first kappa shape index (κ1) is 15.9. The van der Waals surface area contributed by atoms with E-state index >= 15 is 0 Å². The first-order valence-corrected chi connectivity index (χ1v) is 6.37. The van der Waals surface area contributed by atoms with Gasteiger partial charge in [0.2, 0.25) is 5.91 Å². The highest BCUT2D eigenvalue weighted by Crippen LogP contribution is 2.12. The summed E-state index contributed by atoms with van der Waals surface area (Å²) >= 11 is 0. The van der Waals surface area contributed by atoms with Crippen LogP contribution in [-0.2, 0) is 11.3 Å². The fourth-order valence-corrected chi connectivity index (χ4v) is 2.25. The highest BCUT2D eigenvalue weighted by atomic mass is 35.5. The van der Waals surface area contributed by atoms with Crippen LogP contribution in [0.1, 0.15) is 24.8 Å². The predicted octanol–water partition coefficient (Wildman–Crippen LogP) is 2.35. The summed E-state index contributed by atoms with van der Waals surface area (Å²) in [6.07, 6.45) is 2.79. The smallest absolute Gasteiger partial charge is 0.224 e. The summed E-state index contributed by atoms with van der Waals surface area (Å²) in [5.41, 5.74) is 0.951. The highest BCUT2D eigenvalue weighted by molar-refractivity contribution is 5.85. The van der Waals surface area contributed by atoms with Gasteiger partial charge in [-0.15, -0.1) is 12.4 Å². The molecule has 2 rings (SSSR count). The molecule has 1 N–H and O–H groups in total. The molecule has 1 aromatic carbocycles. The molecule has 1 amide bonds. The van der Waals surface area contributed by atoms with E-state index in [9.17, 15) is 9.18 Å². The summed E-state index contributed by atoms with van der Waals surface area (Å²) in [4.78, 5) is 13.7. The van der Waals surface area contributed by atoms with Crippen LogP contribution in [-0.4, -0.2) is 30.4 Å². The van der Waals surface area contributed by atoms with Crippen LogP contribution < -0.4 is 5.32 Å². The van der Waals surface area contributed by atoms with Crippen LogP contribution in [0.2, 0.25) is 0 Å². The van der Waals surface area contributed by atoms with Gasteiger partial charge in [-0.05, 0) is 37.1 Å². The second kappa shape index (κ2) is 7.46. The van der Waals surface area contributed by atoms with Crippen molar-refractivity contribution in [1.82, 2.24) is 10.2 Å². The number of nitrogens with one attached hydrogen (secondary N) is 1. The van der Waals surface area contributed by atoms with Crippen LogP contribution >= 0.6 is 12.4 Å². The third kappa shape index (κ3) is 4.80. The Hall–Kier alpha value is -1.13. The van der Waals surface area contributed by atoms with E-state index in [2.05, 4.69) is 5.32 Å². The number of nitrogens with zero attached hydrogens (tertiary/aromatic N) is 1. The number of hydrogen-bond acceptors (Lipinski definition) is 2. The highest BCUT2D eigenvalue weighted by Gasteiger charge is 2.19. The molecule has 5 heteroatoms. The third-order valence-corrected chi connectivity index (χ3v) is 3.34. The van der Waals surface area contributed by atoms with Gasteiger partial charge in [0.05, 0.1) is 0 Å². The van der Waals surface area contributed by atoms with E-state index in [0.717, 1.165) is 24.9 Å². The summed E-state index contributed by atoms with van der Waals surface area (Å²) in [5, 5.41) is 3.32. The van der Waals surface area contributed by atoms with E-state index in [1.165, 1.54) is 12.1 Å². The van der Waals surface area contributed by atoms with Crippen molar-refractivity contribution in [3.05, 3.63) is 35.6 Å². The van der Waals surface area contributed by atoms with Gasteiger partial charge in [-0.2, -0.15) is 0 Å². The molecule has 0 spiro atoms. The summed E-state index contributed by atoms with van der Waals surface area (Å²) < 4.78 is 12.8. The van der Waals surface area contributed by atoms with E-state index in [1.807, 2.05) is 0 Å². The normalized spacial score (nSPS) is 17.9. The van der Waals surface area contributed by atoms with Crippen molar-refractivity contribution in [2.45, 2.75) is 31.8 Å². The third-order valence-electron chi connectivity index (χ3n) is 3.34. The maximum atomic E-state index is 12.8. The number of rotatable bonds is 4. The van der Waals surface area contributed by atoms with E-state index in [0.29, 0.717) is 19.0 Å². The van der Waals surface area contributed by atoms with E-state index < -0.39 is 0 Å². The van der Waals surface area contributed by atoms with E-state index in [1.54, 1.807) is 24.1 Å². The largest absolute Gasteiger partial charge is 0.341 e. The number of carbonyl (C=O) groups is 1. The average molecular weight is 287 g/mol. The Kier molecular flexibility index (Phi) is 6.25. The molecule has 0 aromatic heterocycles. The van der Waals surface area contributed by atoms with E-state index in [-0.39, 0.29) is 24.1 Å². The average Bonchev–Trinajstić information content (AvgIpc) is 2.85. The lowest BCUT2D eigenvalue weighted by atomic mass is 10.1. The Morgan fingerprint density at radius 2 is 2.11 bits per heavy atom. The molecule has 0 bridgehead atoms. The molecule has 1 aliphatic heterocycles. The summed E-state index contributed by atoms with van der Waals surface area (Å²) in [6, 6.07) is 6.60. The maximum Gasteiger partial charge on any atom is 0.224 e. The van der Waals surface area contributed by atoms with Crippen molar-refractivity contribution in [1.29, 1.82) is 0 Å². The van der Waals surface area contributed by atoms with Gasteiger partial charge in [-0.1, -0.05) is 12.1 Å². The summed E-state index contributed by atoms with van der Waals surface area (Å²) in [6.45, 7) is 1.55. The number of carbonyl (C=O) groups excluding carboxylic acids is 1. The van der Waals surface area contributed by atoms with Gasteiger partial charge in [0.15, 0.2) is 0 Å². The molecule has 1 aliphatic rings. The Morgan fingerprint density at radius 1 is 1.42 bits per heavy atom. The van der Waals surface area contributed by atoms with Crippen LogP contribution in [0.4, 0.5) is 4.39 Å². The second-order valence-electron chi connectivity index (χ2n) is 4.87. The monoisotopic (exact) mass is 286 g/mol. The molecule has 106 valence electrons. The molecule has 3 nitrogen and oxygen atoms in total. The maximum absolute atomic E-state index is 12.8. The van der Waals surface area contributed by atoms with Gasteiger partial charge in [0, 0.05) is 26.1 Å². The minimum atomic E-state index is -0.247. The number of benzene rings is 1. The summed E-state index contributed by atoms with van der Waals surface area (Å²) in [5.74, 6) is -0.110. The van der Waals surface area contributed by atoms with E-state index in [4.69, 9.17) is 0 Å². The first-order valence-electron chi connectivity index (χ1n) is 6.37. The first-order chi connectivity index (χ1) is 8.65. The minimum absolute atomic E-state index is 0. The van der Waals surface area contributed by atoms with Crippen molar-refractivity contribution in [3.8, 4) is 0 Å². The molecule has 0 saturated carbocycles. The SMILES string of the molecule is CN(Cc1ccc(F)cc1)C(=O)CC1CCCN1.Cl. The molecular formula is C14H20ClFN2O. The van der Waals surface area contributed by atoms with Gasteiger partial charge in [-0.25, -0.2) is 4.39 Å². The number of halogens is 2. The number of hydrogen-bond donors (Lipinski definition) is 1. The molecule has 1 unspecified atom stereocenters. The number of amides is 1. The molecule has 1 heterocycles. The summed E-state index contributed by atoms with van der Waals surface area (Å²) in [7, 11) is 1.79. The lowest BCUT2D eigenvalue weighted by Gasteiger charge is -2.19. The molecule has 1 atom stereocenters. The standard InChI is InChI=1S/C14H19FN2O.ClH/c1-17(10-11-4-6-12(15)7-5-11)14(18)9-13-3-2-8-16-13;/h4-7,13,16H,2-3,8-10H2,1H3;1H. The lowest BCUT2D eigenvalue weighted by molar-refractivity contribution is -0.130. The lowest BCUT2D eigenvalue weighted by Crippen LogP contribution is -2.33. The van der Waals surface area contributed by atoms with Crippen LogP contribution in [0.5, 0.6) is 0 Å². The van der Waals surface area contributed by atoms with Crippen LogP contribution in [0.3, 0.4) is 0 Å². The van der Waals surface area contributed by atoms with Crippen LogP contribution in [0, 0.1) is 5.82 Å². The molecule has 0 radical (unpaired) electrons. The van der Waals surface area contributed by atoms with Crippen molar-refractivity contribution in [2.24, 2.45) is 0 Å². The van der Waals surface area contributed by atoms with Crippen LogP contribution in [0.25, 0.3) is 0 Å². The second-order valence-corrected chi connectivity index (χ2v) is 4.87. The van der Waals surface area contributed by atoms with Crippen molar-refractivity contribution in [2.75, 3.05) is 13.6 Å². The quantitative estimate of drug-likeness (QED) is 0.921. The van der Waals surface area contributed by atoms with Crippen molar-refractivity contribution in [3.63, 3.8) is 0 Å². The Balaban J connectivity index is 0.00000180. The zero-order chi connectivity index (χ0) is 13.0. The molecule has 1 aromatic rings. The molecule has 0 aliphatic carbocycles.